The molecule has 0 heterocycles. The molecule has 0 aromatic rings. The van der Waals surface area contributed by atoms with E-state index in [1.807, 2.05) is 0 Å². The van der Waals surface area contributed by atoms with Crippen LogP contribution >= 0.6 is 0 Å². The van der Waals surface area contributed by atoms with E-state index in [2.05, 4.69) is 16.0 Å². The summed E-state index contributed by atoms with van der Waals surface area (Å²) in [7, 11) is 1.00. The molecule has 2 aliphatic carbocycles. The molecule has 0 bridgehead atoms. The van der Waals surface area contributed by atoms with Crippen molar-refractivity contribution < 1.29 is 79.1 Å². The van der Waals surface area contributed by atoms with Crippen molar-refractivity contribution in [2.75, 3.05) is 13.2 Å². The largest absolute Gasteiger partial charge is 0.481 e. The predicted molar refractivity (Wildman–Crippen MR) is 167 cm³/mol. The fraction of sp³-hybridized carbons (Fsp3) is 0.750. The van der Waals surface area contributed by atoms with Crippen molar-refractivity contribution >= 4 is 49.5 Å². The molecule has 0 radical (unpaired) electrons. The number of ether oxygens (including phenoxy) is 2. The minimum absolute atomic E-state index is 0.0466. The van der Waals surface area contributed by atoms with Crippen LogP contribution in [0.1, 0.15) is 33.1 Å². The average Bonchev–Trinajstić information content (AvgIpc) is 3.61. The Bertz CT molecular complexity index is 1280. The van der Waals surface area contributed by atoms with Crippen molar-refractivity contribution in [1.82, 2.24) is 16.0 Å². The lowest BCUT2D eigenvalue weighted by Gasteiger charge is -2.37. The van der Waals surface area contributed by atoms with E-state index in [1.165, 1.54) is 0 Å². The quantitative estimate of drug-likeness (QED) is 0.0218. The molecule has 22 heteroatoms. The van der Waals surface area contributed by atoms with E-state index in [-0.39, 0.29) is 12.8 Å². The van der Waals surface area contributed by atoms with Gasteiger partial charge in [-0.2, -0.15) is 0 Å². The van der Waals surface area contributed by atoms with E-state index in [9.17, 15) is 69.6 Å². The van der Waals surface area contributed by atoms with Crippen LogP contribution in [-0.4, -0.2) is 158 Å². The number of nitrogens with one attached hydrogen (secondary N) is 4. The minimum Gasteiger partial charge on any atom is -0.481 e. The van der Waals surface area contributed by atoms with Crippen LogP contribution in [0.5, 0.6) is 0 Å². The van der Waals surface area contributed by atoms with Crippen LogP contribution in [0.4, 0.5) is 0 Å². The summed E-state index contributed by atoms with van der Waals surface area (Å²) >= 11 is 0. The molecule has 2 rings (SSSR count). The molecule has 2 fully saturated rings. The number of nitrogens with two attached hydrogens (primary N) is 1. The van der Waals surface area contributed by atoms with Crippen LogP contribution in [0.25, 0.3) is 0 Å². The molecule has 14 N–H and O–H groups in total. The number of hydrogen-bond acceptors (Lipinski definition) is 15. The van der Waals surface area contributed by atoms with Crippen molar-refractivity contribution in [3.8, 4) is 0 Å². The third kappa shape index (κ3) is 10.2. The summed E-state index contributed by atoms with van der Waals surface area (Å²) in [5.74, 6) is -15.3. The highest BCUT2D eigenvalue weighted by Crippen LogP contribution is 2.40. The third-order valence-corrected chi connectivity index (χ3v) is 9.08. The monoisotopic (exact) mass is 719 g/mol. The number of hydrogen-bond donors (Lipinski definition) is 13. The zero-order valence-corrected chi connectivity index (χ0v) is 27.5. The van der Waals surface area contributed by atoms with Crippen LogP contribution in [0, 0.1) is 29.1 Å². The Kier molecular flexibility index (Phi) is 15.4. The smallest absolute Gasteiger partial charge is 0.312 e. The van der Waals surface area contributed by atoms with Crippen molar-refractivity contribution in [2.24, 2.45) is 29.4 Å². The zero-order valence-electron chi connectivity index (χ0n) is 27.5. The average molecular weight is 720 g/mol. The van der Waals surface area contributed by atoms with Gasteiger partial charge in [-0.15, -0.1) is 0 Å². The van der Waals surface area contributed by atoms with Gasteiger partial charge in [-0.05, 0) is 19.3 Å². The fourth-order valence-electron chi connectivity index (χ4n) is 6.68. The van der Waals surface area contributed by atoms with E-state index in [0.717, 1.165) is 21.7 Å². The lowest BCUT2D eigenvalue weighted by molar-refractivity contribution is -0.169. The highest BCUT2D eigenvalue weighted by Gasteiger charge is 2.55. The van der Waals surface area contributed by atoms with E-state index in [1.54, 1.807) is 0 Å². The number of guanidine groups is 1. The summed E-state index contributed by atoms with van der Waals surface area (Å²) in [4.78, 5) is 75.3. The second kappa shape index (κ2) is 18.2. The van der Waals surface area contributed by atoms with Gasteiger partial charge in [-0.3, -0.25) is 34.2 Å². The summed E-state index contributed by atoms with van der Waals surface area (Å²) in [6.07, 6.45) is -11.4. The number of carboxylic acids is 2. The maximum Gasteiger partial charge on any atom is 0.312 e. The predicted octanol–water partition coefficient (Wildman–Crippen LogP) is -6.65. The summed E-state index contributed by atoms with van der Waals surface area (Å²) in [6.45, 7) is 0.177. The van der Waals surface area contributed by atoms with Gasteiger partial charge in [-0.25, -0.2) is 0 Å². The molecule has 0 spiro atoms. The number of aliphatic hydroxyl groups is 6. The molecule has 0 aliphatic heterocycles. The van der Waals surface area contributed by atoms with Gasteiger partial charge in [0.25, 0.3) is 0 Å². The number of carbonyl (C=O) groups is 6. The summed E-state index contributed by atoms with van der Waals surface area (Å²) in [5.41, 5.74) is 5.48. The van der Waals surface area contributed by atoms with Crippen molar-refractivity contribution in [3.05, 3.63) is 0 Å². The Morgan fingerprint density at radius 1 is 0.800 bits per heavy atom. The fourth-order valence-corrected chi connectivity index (χ4v) is 6.68. The summed E-state index contributed by atoms with van der Waals surface area (Å²) in [6, 6.07) is -4.21. The van der Waals surface area contributed by atoms with Gasteiger partial charge in [0.05, 0.1) is 37.1 Å². The number of esters is 2. The molecule has 282 valence electrons. The Morgan fingerprint density at radius 2 is 1.26 bits per heavy atom. The highest BCUT2D eigenvalue weighted by atomic mass is 16.6. The zero-order chi connectivity index (χ0) is 38.2. The lowest BCUT2D eigenvalue weighted by Crippen LogP contribution is -2.60. The first kappa shape index (κ1) is 42.1. The Morgan fingerprint density at radius 3 is 1.70 bits per heavy atom. The van der Waals surface area contributed by atoms with Crippen LogP contribution in [0.2, 0.25) is 5.82 Å². The van der Waals surface area contributed by atoms with E-state index in [4.69, 9.17) is 20.6 Å². The molecule has 2 amide bonds. The second-order valence-electron chi connectivity index (χ2n) is 12.6. The van der Waals surface area contributed by atoms with E-state index in [0.29, 0.717) is 0 Å². The van der Waals surface area contributed by atoms with E-state index >= 15 is 0 Å². The van der Waals surface area contributed by atoms with Gasteiger partial charge in [-0.1, -0.05) is 0 Å². The molecule has 14 atom stereocenters. The van der Waals surface area contributed by atoms with Crippen LogP contribution < -0.4 is 21.7 Å². The van der Waals surface area contributed by atoms with Gasteiger partial charge < -0.3 is 72.0 Å². The van der Waals surface area contributed by atoms with Crippen molar-refractivity contribution in [1.29, 1.82) is 5.41 Å². The van der Waals surface area contributed by atoms with Crippen LogP contribution in [-0.2, 0) is 38.2 Å². The molecule has 1 unspecified atom stereocenters. The molecule has 2 aliphatic rings. The second-order valence-corrected chi connectivity index (χ2v) is 12.6. The first-order valence-corrected chi connectivity index (χ1v) is 15.7. The molecular formula is C28H46BN5O16. The number of carbonyl (C=O) groups excluding carboxylic acids is 4. The molecule has 0 aromatic heterocycles. The molecule has 0 saturated heterocycles. The standard InChI is InChI=1S/C28H46BN5O16/c1-8(37)32-18(20(41)14(39)6-35)10-3-4-11(24(43)44)22(10)49-26(47)17(29)27(48)50-23-12(25(45)46)5-13(34-28(30)31)16(23)19(33-9(2)38)21(42)15(40)7-36/h10-23,35-36,39-42H,3-7,29H2,1-2H3,(H,32,37)(H,33,38)(H,43,44)(H,45,46)(H4,30,31,34)/t10-,11+,12+,13-,14+,15+,16-,17?,18+,19+,20+,21+,22+,23-/m1/s1. The highest BCUT2D eigenvalue weighted by molar-refractivity contribution is 6.34. The Labute approximate surface area is 286 Å². The molecule has 2 saturated carbocycles. The lowest BCUT2D eigenvalue weighted by atomic mass is 9.84. The Balaban J connectivity index is 2.47. The summed E-state index contributed by atoms with van der Waals surface area (Å²) < 4.78 is 11.0. The SMILES string of the molecule is BC(C(=O)O[C@H]1[C@@H]([C@H](NC(C)=O)[C@@H](O)[C@@H](O)CO)CC[C@@H]1C(=O)O)C(=O)O[C@H]1[C@@H]([C@H](NC(C)=O)[C@@H](O)[C@@H](O)CO)[C@H](NC(=N)N)C[C@@H]1C(=O)O. The molecule has 0 aromatic carbocycles. The third-order valence-electron chi connectivity index (χ3n) is 9.08. The molecular weight excluding hydrogens is 673 g/mol. The number of rotatable bonds is 17. The number of aliphatic carboxylic acids is 2. The van der Waals surface area contributed by atoms with E-state index < -0.39 is 146 Å². The Hall–Kier alpha value is -4.09. The molecule has 21 nitrogen and oxygen atoms in total. The van der Waals surface area contributed by atoms with Gasteiger partial charge in [0, 0.05) is 31.7 Å². The maximum absolute atomic E-state index is 13.5. The van der Waals surface area contributed by atoms with Gasteiger partial charge in [0.2, 0.25) is 11.8 Å². The van der Waals surface area contributed by atoms with Crippen LogP contribution in [0.3, 0.4) is 0 Å². The number of aliphatic hydroxyl groups excluding tert-OH is 6. The number of amides is 2. The van der Waals surface area contributed by atoms with Gasteiger partial charge in [0.15, 0.2) is 5.96 Å². The van der Waals surface area contributed by atoms with Crippen molar-refractivity contribution in [2.45, 2.75) is 93.7 Å². The van der Waals surface area contributed by atoms with Gasteiger partial charge in [0.1, 0.15) is 50.3 Å². The topological polar surface area (TPSA) is 369 Å². The van der Waals surface area contributed by atoms with Gasteiger partial charge >= 0.3 is 23.9 Å². The first-order chi connectivity index (χ1) is 23.3. The van der Waals surface area contributed by atoms with Crippen molar-refractivity contribution in [3.63, 3.8) is 0 Å². The van der Waals surface area contributed by atoms with Crippen LogP contribution in [0.15, 0.2) is 0 Å². The normalized spacial score (nSPS) is 28.8. The molecule has 50 heavy (non-hydrogen) atoms. The number of carboxylic acid groups (broad SMARTS) is 2. The maximum atomic E-state index is 13.5. The minimum atomic E-state index is -1.97. The first-order valence-electron chi connectivity index (χ1n) is 15.7. The summed E-state index contributed by atoms with van der Waals surface area (Å²) in [5, 5.41) is 95.2.